The second-order valence-corrected chi connectivity index (χ2v) is 5.52. The van der Waals surface area contributed by atoms with E-state index in [0.717, 1.165) is 16.8 Å². The third-order valence-electron chi connectivity index (χ3n) is 3.03. The van der Waals surface area contributed by atoms with Crippen LogP contribution >= 0.6 is 23.2 Å². The Labute approximate surface area is 128 Å². The van der Waals surface area contributed by atoms with Gasteiger partial charge in [-0.05, 0) is 41.8 Å². The number of Topliss-reactive ketones (excluding diaryl/α,β-unsaturated/α-hetero) is 1. The lowest BCUT2D eigenvalue weighted by Gasteiger charge is -2.04. The highest BCUT2D eigenvalue weighted by Gasteiger charge is 2.06. The number of carbonyl (C=O) groups excluding carboxylic acids is 1. The Morgan fingerprint density at radius 1 is 1.00 bits per heavy atom. The quantitative estimate of drug-likeness (QED) is 0.836. The maximum absolute atomic E-state index is 12.0. The molecule has 0 unspecified atom stereocenters. The van der Waals surface area contributed by atoms with Crippen LogP contribution in [0.25, 0.3) is 0 Å². The van der Waals surface area contributed by atoms with Crippen molar-refractivity contribution in [3.63, 3.8) is 0 Å². The monoisotopic (exact) mass is 307 g/mol. The van der Waals surface area contributed by atoms with Gasteiger partial charge in [-0.1, -0.05) is 41.4 Å². The zero-order valence-electron chi connectivity index (χ0n) is 10.9. The Bertz CT molecular complexity index is 626. The van der Waals surface area contributed by atoms with Crippen LogP contribution in [0.1, 0.15) is 17.5 Å². The normalized spacial score (nSPS) is 10.5. The SMILES string of the molecule is Nc1cccc(CCC(=O)Cc2ccc(Cl)c(Cl)c2)c1. The van der Waals surface area contributed by atoms with E-state index in [0.29, 0.717) is 29.3 Å². The molecule has 2 rings (SSSR count). The van der Waals surface area contributed by atoms with E-state index in [1.54, 1.807) is 12.1 Å². The Morgan fingerprint density at radius 3 is 2.50 bits per heavy atom. The van der Waals surface area contributed by atoms with Gasteiger partial charge in [0.15, 0.2) is 0 Å². The van der Waals surface area contributed by atoms with Crippen molar-refractivity contribution in [3.05, 3.63) is 63.6 Å². The number of benzene rings is 2. The molecule has 4 heteroatoms. The Balaban J connectivity index is 1.91. The average molecular weight is 308 g/mol. The van der Waals surface area contributed by atoms with Crippen LogP contribution in [0.5, 0.6) is 0 Å². The van der Waals surface area contributed by atoms with Gasteiger partial charge < -0.3 is 5.73 Å². The molecule has 2 aromatic rings. The summed E-state index contributed by atoms with van der Waals surface area (Å²) in [5, 5.41) is 0.982. The number of carbonyl (C=O) groups is 1. The van der Waals surface area contributed by atoms with Crippen molar-refractivity contribution in [1.82, 2.24) is 0 Å². The summed E-state index contributed by atoms with van der Waals surface area (Å²) in [6.45, 7) is 0. The van der Waals surface area contributed by atoms with E-state index in [1.165, 1.54) is 0 Å². The molecule has 2 N–H and O–H groups in total. The molecule has 0 spiro atoms. The lowest BCUT2D eigenvalue weighted by molar-refractivity contribution is -0.118. The first-order valence-electron chi connectivity index (χ1n) is 6.34. The van der Waals surface area contributed by atoms with Crippen LogP contribution in [0.2, 0.25) is 10.0 Å². The number of aryl methyl sites for hydroxylation is 1. The summed E-state index contributed by atoms with van der Waals surface area (Å²) in [4.78, 5) is 12.0. The number of hydrogen-bond donors (Lipinski definition) is 1. The molecule has 0 bridgehead atoms. The molecule has 0 atom stereocenters. The summed E-state index contributed by atoms with van der Waals surface area (Å²) in [5.41, 5.74) is 8.39. The van der Waals surface area contributed by atoms with E-state index in [2.05, 4.69) is 0 Å². The minimum absolute atomic E-state index is 0.172. The standard InChI is InChI=1S/C16H15Cl2NO/c17-15-7-5-12(10-16(15)18)9-14(20)6-4-11-2-1-3-13(19)8-11/h1-3,5,7-8,10H,4,6,9,19H2. The molecule has 0 aromatic heterocycles. The van der Waals surface area contributed by atoms with Gasteiger partial charge in [0.1, 0.15) is 5.78 Å². The van der Waals surface area contributed by atoms with E-state index in [1.807, 2.05) is 30.3 Å². The minimum atomic E-state index is 0.172. The maximum atomic E-state index is 12.0. The second-order valence-electron chi connectivity index (χ2n) is 4.71. The van der Waals surface area contributed by atoms with Crippen LogP contribution in [-0.2, 0) is 17.6 Å². The van der Waals surface area contributed by atoms with Crippen LogP contribution in [0, 0.1) is 0 Å². The maximum Gasteiger partial charge on any atom is 0.137 e. The summed E-state index contributed by atoms with van der Waals surface area (Å²) < 4.78 is 0. The highest BCUT2D eigenvalue weighted by Crippen LogP contribution is 2.23. The summed E-state index contributed by atoms with van der Waals surface area (Å²) in [5.74, 6) is 0.172. The van der Waals surface area contributed by atoms with Crippen LogP contribution in [0.3, 0.4) is 0 Å². The van der Waals surface area contributed by atoms with Crippen molar-refractivity contribution in [2.45, 2.75) is 19.3 Å². The van der Waals surface area contributed by atoms with Gasteiger partial charge in [0.05, 0.1) is 10.0 Å². The summed E-state index contributed by atoms with van der Waals surface area (Å²) >= 11 is 11.8. The van der Waals surface area contributed by atoms with E-state index in [4.69, 9.17) is 28.9 Å². The summed E-state index contributed by atoms with van der Waals surface area (Å²) in [7, 11) is 0. The molecule has 0 saturated heterocycles. The molecular weight excluding hydrogens is 293 g/mol. The molecule has 0 aliphatic heterocycles. The number of nitrogen functional groups attached to an aromatic ring is 1. The van der Waals surface area contributed by atoms with Crippen LogP contribution in [0.15, 0.2) is 42.5 Å². The van der Waals surface area contributed by atoms with Crippen LogP contribution in [-0.4, -0.2) is 5.78 Å². The fraction of sp³-hybridized carbons (Fsp3) is 0.188. The molecule has 0 aliphatic rings. The van der Waals surface area contributed by atoms with Gasteiger partial charge in [-0.25, -0.2) is 0 Å². The molecule has 2 nitrogen and oxygen atoms in total. The zero-order chi connectivity index (χ0) is 14.5. The van der Waals surface area contributed by atoms with E-state index >= 15 is 0 Å². The van der Waals surface area contributed by atoms with Gasteiger partial charge in [-0.15, -0.1) is 0 Å². The summed E-state index contributed by atoms with van der Waals surface area (Å²) in [6, 6.07) is 12.9. The zero-order valence-corrected chi connectivity index (χ0v) is 12.4. The van der Waals surface area contributed by atoms with Crippen molar-refractivity contribution >= 4 is 34.7 Å². The van der Waals surface area contributed by atoms with Crippen molar-refractivity contribution in [3.8, 4) is 0 Å². The molecule has 0 heterocycles. The smallest absolute Gasteiger partial charge is 0.137 e. The van der Waals surface area contributed by atoms with Crippen molar-refractivity contribution in [2.75, 3.05) is 5.73 Å². The number of nitrogens with two attached hydrogens (primary N) is 1. The van der Waals surface area contributed by atoms with E-state index in [9.17, 15) is 4.79 Å². The molecule has 20 heavy (non-hydrogen) atoms. The Hall–Kier alpha value is -1.51. The molecule has 2 aromatic carbocycles. The van der Waals surface area contributed by atoms with Crippen LogP contribution in [0.4, 0.5) is 5.69 Å². The van der Waals surface area contributed by atoms with Gasteiger partial charge >= 0.3 is 0 Å². The topological polar surface area (TPSA) is 43.1 Å². The van der Waals surface area contributed by atoms with E-state index in [-0.39, 0.29) is 5.78 Å². The van der Waals surface area contributed by atoms with Gasteiger partial charge in [0.25, 0.3) is 0 Å². The minimum Gasteiger partial charge on any atom is -0.399 e. The number of rotatable bonds is 5. The first-order valence-corrected chi connectivity index (χ1v) is 7.10. The Morgan fingerprint density at radius 2 is 1.80 bits per heavy atom. The average Bonchev–Trinajstić information content (AvgIpc) is 2.41. The molecule has 0 saturated carbocycles. The molecule has 104 valence electrons. The van der Waals surface area contributed by atoms with Gasteiger partial charge in [0.2, 0.25) is 0 Å². The fourth-order valence-electron chi connectivity index (χ4n) is 2.00. The molecule has 0 fully saturated rings. The molecule has 0 radical (unpaired) electrons. The number of anilines is 1. The number of ketones is 1. The first-order chi connectivity index (χ1) is 9.54. The van der Waals surface area contributed by atoms with Gasteiger partial charge in [0, 0.05) is 18.5 Å². The second kappa shape index (κ2) is 6.78. The Kier molecular flexibility index (Phi) is 5.05. The number of halogens is 2. The molecule has 0 aliphatic carbocycles. The molecular formula is C16H15Cl2NO. The largest absolute Gasteiger partial charge is 0.399 e. The highest BCUT2D eigenvalue weighted by molar-refractivity contribution is 6.42. The van der Waals surface area contributed by atoms with Crippen molar-refractivity contribution in [1.29, 1.82) is 0 Å². The van der Waals surface area contributed by atoms with Crippen molar-refractivity contribution in [2.24, 2.45) is 0 Å². The van der Waals surface area contributed by atoms with Crippen LogP contribution < -0.4 is 5.73 Å². The first kappa shape index (κ1) is 14.9. The lowest BCUT2D eigenvalue weighted by atomic mass is 10.0. The number of hydrogen-bond acceptors (Lipinski definition) is 2. The summed E-state index contributed by atoms with van der Waals surface area (Å²) in [6.07, 6.45) is 1.56. The predicted molar refractivity (Wildman–Crippen MR) is 84.3 cm³/mol. The highest BCUT2D eigenvalue weighted by atomic mass is 35.5. The fourth-order valence-corrected chi connectivity index (χ4v) is 2.32. The van der Waals surface area contributed by atoms with Crippen molar-refractivity contribution < 1.29 is 4.79 Å². The molecule has 0 amide bonds. The van der Waals surface area contributed by atoms with Gasteiger partial charge in [-0.2, -0.15) is 0 Å². The third kappa shape index (κ3) is 4.26. The van der Waals surface area contributed by atoms with Gasteiger partial charge in [-0.3, -0.25) is 4.79 Å². The predicted octanol–water partition coefficient (Wildman–Crippen LogP) is 4.32. The lowest BCUT2D eigenvalue weighted by Crippen LogP contribution is -2.04. The van der Waals surface area contributed by atoms with E-state index < -0.39 is 0 Å². The third-order valence-corrected chi connectivity index (χ3v) is 3.77.